The summed E-state index contributed by atoms with van der Waals surface area (Å²) in [5.41, 5.74) is 7.44. The van der Waals surface area contributed by atoms with E-state index in [9.17, 15) is 0 Å². The summed E-state index contributed by atoms with van der Waals surface area (Å²) in [6.07, 6.45) is 4.89. The number of nitrogens with two attached hydrogens (primary N) is 1. The molecule has 1 heterocycles. The lowest BCUT2D eigenvalue weighted by Gasteiger charge is -1.95. The number of nitrogen functional groups attached to an aromatic ring is 1. The Kier molecular flexibility index (Phi) is 3.36. The lowest BCUT2D eigenvalue weighted by molar-refractivity contribution is 0.723. The molecule has 3 heteroatoms. The predicted octanol–water partition coefficient (Wildman–Crippen LogP) is 2.46. The average molecular weight is 170 g/mol. The van der Waals surface area contributed by atoms with E-state index in [0.717, 1.165) is 12.2 Å². The maximum absolute atomic E-state index is 5.62. The van der Waals surface area contributed by atoms with E-state index in [1.165, 1.54) is 24.1 Å². The number of thiazole rings is 1. The van der Waals surface area contributed by atoms with E-state index < -0.39 is 0 Å². The standard InChI is InChI=1S/C8H14N2S/c1-2-3-4-5-7-8(9)10-6-11-7/h6H,2-5,9H2,1H3. The molecule has 2 N–H and O–H groups in total. The molecule has 11 heavy (non-hydrogen) atoms. The Balaban J connectivity index is 2.32. The molecule has 0 saturated heterocycles. The van der Waals surface area contributed by atoms with E-state index in [4.69, 9.17) is 5.73 Å². The molecule has 0 aromatic carbocycles. The highest BCUT2D eigenvalue weighted by molar-refractivity contribution is 7.10. The van der Waals surface area contributed by atoms with Crippen LogP contribution in [0.15, 0.2) is 5.51 Å². The second kappa shape index (κ2) is 4.34. The van der Waals surface area contributed by atoms with Crippen LogP contribution in [0.5, 0.6) is 0 Å². The Labute approximate surface area is 71.5 Å². The fraction of sp³-hybridized carbons (Fsp3) is 0.625. The van der Waals surface area contributed by atoms with E-state index in [1.54, 1.807) is 11.3 Å². The molecule has 0 bridgehead atoms. The van der Waals surface area contributed by atoms with Crippen molar-refractivity contribution in [3.05, 3.63) is 10.4 Å². The normalized spacial score (nSPS) is 10.3. The maximum Gasteiger partial charge on any atom is 0.137 e. The SMILES string of the molecule is CCCCCc1scnc1N. The van der Waals surface area contributed by atoms with Gasteiger partial charge in [0, 0.05) is 4.88 Å². The van der Waals surface area contributed by atoms with Crippen LogP contribution in [0.3, 0.4) is 0 Å². The van der Waals surface area contributed by atoms with Crippen LogP contribution in [0.1, 0.15) is 31.1 Å². The first-order chi connectivity index (χ1) is 5.34. The Hall–Kier alpha value is -0.570. The van der Waals surface area contributed by atoms with Crippen molar-refractivity contribution in [2.75, 3.05) is 5.73 Å². The van der Waals surface area contributed by atoms with Gasteiger partial charge in [-0.3, -0.25) is 0 Å². The number of hydrogen-bond donors (Lipinski definition) is 1. The Bertz CT molecular complexity index is 208. The van der Waals surface area contributed by atoms with Gasteiger partial charge in [0.15, 0.2) is 0 Å². The molecule has 0 spiro atoms. The minimum absolute atomic E-state index is 0.728. The number of hydrogen-bond acceptors (Lipinski definition) is 3. The molecule has 1 aromatic heterocycles. The van der Waals surface area contributed by atoms with Crippen LogP contribution in [0.4, 0.5) is 5.82 Å². The van der Waals surface area contributed by atoms with E-state index in [1.807, 2.05) is 5.51 Å². The molecule has 0 unspecified atom stereocenters. The molecule has 0 saturated carbocycles. The summed E-state index contributed by atoms with van der Waals surface area (Å²) in [6, 6.07) is 0. The zero-order valence-electron chi connectivity index (χ0n) is 6.84. The van der Waals surface area contributed by atoms with Gasteiger partial charge in [-0.15, -0.1) is 11.3 Å². The highest BCUT2D eigenvalue weighted by atomic mass is 32.1. The molecular weight excluding hydrogens is 156 g/mol. The third kappa shape index (κ3) is 2.50. The van der Waals surface area contributed by atoms with Gasteiger partial charge in [-0.1, -0.05) is 19.8 Å². The fourth-order valence-electron chi connectivity index (χ4n) is 1.00. The Morgan fingerprint density at radius 3 is 2.91 bits per heavy atom. The summed E-state index contributed by atoms with van der Waals surface area (Å²) in [4.78, 5) is 5.24. The van der Waals surface area contributed by atoms with Crippen molar-refractivity contribution in [1.29, 1.82) is 0 Å². The molecule has 62 valence electrons. The molecule has 0 aliphatic carbocycles. The minimum atomic E-state index is 0.728. The summed E-state index contributed by atoms with van der Waals surface area (Å²) >= 11 is 1.66. The third-order valence-corrected chi connectivity index (χ3v) is 2.59. The lowest BCUT2D eigenvalue weighted by atomic mass is 10.2. The number of aryl methyl sites for hydroxylation is 1. The monoisotopic (exact) mass is 170 g/mol. The number of aromatic nitrogens is 1. The van der Waals surface area contributed by atoms with Gasteiger partial charge in [-0.2, -0.15) is 0 Å². The molecule has 0 aliphatic rings. The summed E-state index contributed by atoms with van der Waals surface area (Å²) in [7, 11) is 0. The Morgan fingerprint density at radius 2 is 2.36 bits per heavy atom. The van der Waals surface area contributed by atoms with Crippen molar-refractivity contribution in [1.82, 2.24) is 4.98 Å². The van der Waals surface area contributed by atoms with E-state index in [-0.39, 0.29) is 0 Å². The van der Waals surface area contributed by atoms with Crippen LogP contribution < -0.4 is 5.73 Å². The topological polar surface area (TPSA) is 38.9 Å². The predicted molar refractivity (Wildman–Crippen MR) is 49.8 cm³/mol. The highest BCUT2D eigenvalue weighted by Gasteiger charge is 2.00. The fourth-order valence-corrected chi connectivity index (χ4v) is 1.73. The highest BCUT2D eigenvalue weighted by Crippen LogP contribution is 2.17. The summed E-state index contributed by atoms with van der Waals surface area (Å²) < 4.78 is 0. The van der Waals surface area contributed by atoms with E-state index in [2.05, 4.69) is 11.9 Å². The number of anilines is 1. The molecule has 2 nitrogen and oxygen atoms in total. The van der Waals surface area contributed by atoms with Gasteiger partial charge in [-0.05, 0) is 12.8 Å². The van der Waals surface area contributed by atoms with Crippen LogP contribution in [-0.2, 0) is 6.42 Å². The minimum Gasteiger partial charge on any atom is -0.383 e. The van der Waals surface area contributed by atoms with Crippen LogP contribution in [0, 0.1) is 0 Å². The number of nitrogens with zero attached hydrogens (tertiary/aromatic N) is 1. The van der Waals surface area contributed by atoms with Gasteiger partial charge in [0.25, 0.3) is 0 Å². The first-order valence-corrected chi connectivity index (χ1v) is 4.90. The van der Waals surface area contributed by atoms with Crippen molar-refractivity contribution >= 4 is 17.2 Å². The average Bonchev–Trinajstić information content (AvgIpc) is 2.37. The van der Waals surface area contributed by atoms with Crippen molar-refractivity contribution in [3.8, 4) is 0 Å². The van der Waals surface area contributed by atoms with Gasteiger partial charge in [0.05, 0.1) is 5.51 Å². The molecule has 0 aliphatic heterocycles. The summed E-state index contributed by atoms with van der Waals surface area (Å²) in [5, 5.41) is 0. The summed E-state index contributed by atoms with van der Waals surface area (Å²) in [6.45, 7) is 2.20. The third-order valence-electron chi connectivity index (χ3n) is 1.68. The first kappa shape index (κ1) is 8.53. The molecule has 1 aromatic rings. The molecule has 1 rings (SSSR count). The molecular formula is C8H14N2S. The largest absolute Gasteiger partial charge is 0.383 e. The van der Waals surface area contributed by atoms with Crippen molar-refractivity contribution in [3.63, 3.8) is 0 Å². The van der Waals surface area contributed by atoms with E-state index in [0.29, 0.717) is 0 Å². The number of unbranched alkanes of at least 4 members (excludes halogenated alkanes) is 2. The van der Waals surface area contributed by atoms with Crippen LogP contribution in [-0.4, -0.2) is 4.98 Å². The van der Waals surface area contributed by atoms with Gasteiger partial charge in [0.2, 0.25) is 0 Å². The molecule has 0 fully saturated rings. The van der Waals surface area contributed by atoms with Crippen molar-refractivity contribution in [2.45, 2.75) is 32.6 Å². The van der Waals surface area contributed by atoms with Crippen LogP contribution in [0.2, 0.25) is 0 Å². The van der Waals surface area contributed by atoms with Crippen LogP contribution >= 0.6 is 11.3 Å². The molecule has 0 amide bonds. The van der Waals surface area contributed by atoms with Gasteiger partial charge in [-0.25, -0.2) is 4.98 Å². The second-order valence-electron chi connectivity index (χ2n) is 2.62. The number of rotatable bonds is 4. The van der Waals surface area contributed by atoms with Gasteiger partial charge >= 0.3 is 0 Å². The second-order valence-corrected chi connectivity index (χ2v) is 3.56. The quantitative estimate of drug-likeness (QED) is 0.705. The smallest absolute Gasteiger partial charge is 0.137 e. The van der Waals surface area contributed by atoms with Gasteiger partial charge < -0.3 is 5.73 Å². The zero-order valence-corrected chi connectivity index (χ0v) is 7.66. The first-order valence-electron chi connectivity index (χ1n) is 4.02. The molecule has 0 radical (unpaired) electrons. The maximum atomic E-state index is 5.62. The summed E-state index contributed by atoms with van der Waals surface area (Å²) in [5.74, 6) is 0.728. The lowest BCUT2D eigenvalue weighted by Crippen LogP contribution is -1.90. The van der Waals surface area contributed by atoms with Crippen molar-refractivity contribution < 1.29 is 0 Å². The van der Waals surface area contributed by atoms with E-state index >= 15 is 0 Å². The van der Waals surface area contributed by atoms with Crippen molar-refractivity contribution in [2.24, 2.45) is 0 Å². The Morgan fingerprint density at radius 1 is 1.55 bits per heavy atom. The molecule has 0 atom stereocenters. The van der Waals surface area contributed by atoms with Gasteiger partial charge in [0.1, 0.15) is 5.82 Å². The van der Waals surface area contributed by atoms with Crippen LogP contribution in [0.25, 0.3) is 0 Å². The zero-order chi connectivity index (χ0) is 8.10.